The second-order valence-electron chi connectivity index (χ2n) is 3.29. The molecule has 0 amide bonds. The molecule has 0 bridgehead atoms. The van der Waals surface area contributed by atoms with Crippen LogP contribution in [0.5, 0.6) is 5.75 Å². The predicted molar refractivity (Wildman–Crippen MR) is 51.1 cm³/mol. The van der Waals surface area contributed by atoms with Crippen LogP contribution in [0.4, 0.5) is 4.39 Å². The molecule has 4 nitrogen and oxygen atoms in total. The van der Waals surface area contributed by atoms with Crippen molar-refractivity contribution in [1.29, 1.82) is 5.26 Å². The van der Waals surface area contributed by atoms with Crippen LogP contribution in [0.1, 0.15) is 12.0 Å². The van der Waals surface area contributed by atoms with Gasteiger partial charge >= 0.3 is 5.97 Å². The number of ether oxygens (including phenoxy) is 2. The molecule has 1 aliphatic rings. The van der Waals surface area contributed by atoms with Gasteiger partial charge in [-0.25, -0.2) is 9.18 Å². The molecule has 1 fully saturated rings. The van der Waals surface area contributed by atoms with E-state index in [1.165, 1.54) is 18.2 Å². The molecule has 0 radical (unpaired) electrons. The largest absolute Gasteiger partial charge is 0.477 e. The molecule has 1 aliphatic heterocycles. The SMILES string of the molecule is N#Cc1c(F)cccc1OC1CCOC1=O. The molecule has 5 heteroatoms. The molecule has 1 atom stereocenters. The zero-order valence-corrected chi connectivity index (χ0v) is 8.27. The van der Waals surface area contributed by atoms with E-state index in [-0.39, 0.29) is 11.3 Å². The van der Waals surface area contributed by atoms with Crippen molar-refractivity contribution in [3.05, 3.63) is 29.6 Å². The van der Waals surface area contributed by atoms with Crippen LogP contribution >= 0.6 is 0 Å². The van der Waals surface area contributed by atoms with Gasteiger partial charge in [0, 0.05) is 6.42 Å². The molecule has 82 valence electrons. The van der Waals surface area contributed by atoms with Gasteiger partial charge in [0.05, 0.1) is 6.61 Å². The van der Waals surface area contributed by atoms with Crippen molar-refractivity contribution in [2.75, 3.05) is 6.61 Å². The highest BCUT2D eigenvalue weighted by Crippen LogP contribution is 2.23. The third-order valence-corrected chi connectivity index (χ3v) is 2.24. The first-order valence-corrected chi connectivity index (χ1v) is 4.74. The van der Waals surface area contributed by atoms with E-state index in [1.54, 1.807) is 6.07 Å². The molecular weight excluding hydrogens is 213 g/mol. The molecule has 0 aliphatic carbocycles. The Bertz CT molecular complexity index is 467. The number of esters is 1. The lowest BCUT2D eigenvalue weighted by atomic mass is 10.2. The number of nitrogens with zero attached hydrogens (tertiary/aromatic N) is 1. The normalized spacial score (nSPS) is 19.0. The van der Waals surface area contributed by atoms with E-state index in [1.807, 2.05) is 0 Å². The van der Waals surface area contributed by atoms with Crippen LogP contribution in [0.3, 0.4) is 0 Å². The van der Waals surface area contributed by atoms with Gasteiger partial charge < -0.3 is 9.47 Å². The fraction of sp³-hybridized carbons (Fsp3) is 0.273. The molecule has 0 spiro atoms. The molecule has 0 saturated carbocycles. The van der Waals surface area contributed by atoms with Crippen molar-refractivity contribution < 1.29 is 18.7 Å². The van der Waals surface area contributed by atoms with Gasteiger partial charge in [0.1, 0.15) is 23.2 Å². The lowest BCUT2D eigenvalue weighted by molar-refractivity contribution is -0.143. The van der Waals surface area contributed by atoms with E-state index in [9.17, 15) is 9.18 Å². The van der Waals surface area contributed by atoms with E-state index in [0.717, 1.165) is 0 Å². The summed E-state index contributed by atoms with van der Waals surface area (Å²) in [5.41, 5.74) is -0.192. The fourth-order valence-corrected chi connectivity index (χ4v) is 1.45. The minimum atomic E-state index is -0.742. The molecule has 1 aromatic carbocycles. The van der Waals surface area contributed by atoms with Crippen LogP contribution < -0.4 is 4.74 Å². The Labute approximate surface area is 91.2 Å². The Morgan fingerprint density at radius 2 is 2.38 bits per heavy atom. The number of rotatable bonds is 2. The first-order chi connectivity index (χ1) is 7.72. The van der Waals surface area contributed by atoms with Crippen molar-refractivity contribution in [1.82, 2.24) is 0 Å². The van der Waals surface area contributed by atoms with Gasteiger partial charge in [0.25, 0.3) is 0 Å². The maximum atomic E-state index is 13.2. The fourth-order valence-electron chi connectivity index (χ4n) is 1.45. The number of hydrogen-bond acceptors (Lipinski definition) is 4. The van der Waals surface area contributed by atoms with E-state index in [2.05, 4.69) is 0 Å². The summed E-state index contributed by atoms with van der Waals surface area (Å²) in [6, 6.07) is 5.74. The number of halogens is 1. The second kappa shape index (κ2) is 4.19. The zero-order valence-electron chi connectivity index (χ0n) is 8.27. The average Bonchev–Trinajstić information content (AvgIpc) is 2.65. The van der Waals surface area contributed by atoms with Gasteiger partial charge in [-0.05, 0) is 12.1 Å². The standard InChI is InChI=1S/C11H8FNO3/c12-8-2-1-3-9(7(8)6-13)16-10-4-5-15-11(10)14/h1-3,10H,4-5H2. The molecule has 1 saturated heterocycles. The number of hydrogen-bond donors (Lipinski definition) is 0. The molecule has 0 aromatic heterocycles. The molecule has 16 heavy (non-hydrogen) atoms. The van der Waals surface area contributed by atoms with E-state index in [4.69, 9.17) is 14.7 Å². The summed E-state index contributed by atoms with van der Waals surface area (Å²) in [6.45, 7) is 0.292. The molecule has 0 N–H and O–H groups in total. The third kappa shape index (κ3) is 1.82. The van der Waals surface area contributed by atoms with Crippen LogP contribution in [0.2, 0.25) is 0 Å². The highest BCUT2D eigenvalue weighted by molar-refractivity contribution is 5.76. The quantitative estimate of drug-likeness (QED) is 0.708. The van der Waals surface area contributed by atoms with Crippen molar-refractivity contribution in [2.24, 2.45) is 0 Å². The van der Waals surface area contributed by atoms with Crippen molar-refractivity contribution in [3.63, 3.8) is 0 Å². The highest BCUT2D eigenvalue weighted by atomic mass is 19.1. The molecule has 2 rings (SSSR count). The van der Waals surface area contributed by atoms with E-state index < -0.39 is 17.9 Å². The summed E-state index contributed by atoms with van der Waals surface area (Å²) < 4.78 is 23.2. The Balaban J connectivity index is 2.25. The van der Waals surface area contributed by atoms with Crippen LogP contribution in [0.15, 0.2) is 18.2 Å². The summed E-state index contributed by atoms with van der Waals surface area (Å²) in [7, 11) is 0. The molecule has 1 heterocycles. The molecular formula is C11H8FNO3. The number of nitriles is 1. The lowest BCUT2D eigenvalue weighted by Gasteiger charge is -2.11. The monoisotopic (exact) mass is 221 g/mol. The molecule has 1 aromatic rings. The topological polar surface area (TPSA) is 59.3 Å². The van der Waals surface area contributed by atoms with Gasteiger partial charge in [-0.2, -0.15) is 5.26 Å². The van der Waals surface area contributed by atoms with Crippen LogP contribution in [0, 0.1) is 17.1 Å². The third-order valence-electron chi connectivity index (χ3n) is 2.24. The van der Waals surface area contributed by atoms with Crippen molar-refractivity contribution in [2.45, 2.75) is 12.5 Å². The Morgan fingerprint density at radius 3 is 3.00 bits per heavy atom. The number of cyclic esters (lactones) is 1. The summed E-state index contributed by atoms with van der Waals surface area (Å²) >= 11 is 0. The molecule has 1 unspecified atom stereocenters. The van der Waals surface area contributed by atoms with Gasteiger partial charge in [-0.1, -0.05) is 6.07 Å². The lowest BCUT2D eigenvalue weighted by Crippen LogP contribution is -2.22. The van der Waals surface area contributed by atoms with Crippen LogP contribution in [-0.2, 0) is 9.53 Å². The average molecular weight is 221 g/mol. The summed E-state index contributed by atoms with van der Waals surface area (Å²) in [6.07, 6.45) is -0.325. The van der Waals surface area contributed by atoms with E-state index in [0.29, 0.717) is 13.0 Å². The number of carbonyl (C=O) groups excluding carboxylic acids is 1. The Hall–Kier alpha value is -2.09. The van der Waals surface area contributed by atoms with Crippen molar-refractivity contribution in [3.8, 4) is 11.8 Å². The smallest absolute Gasteiger partial charge is 0.347 e. The maximum Gasteiger partial charge on any atom is 0.347 e. The summed E-state index contributed by atoms with van der Waals surface area (Å²) in [5.74, 6) is -1.06. The summed E-state index contributed by atoms with van der Waals surface area (Å²) in [5, 5.41) is 8.75. The summed E-state index contributed by atoms with van der Waals surface area (Å²) in [4.78, 5) is 11.1. The predicted octanol–water partition coefficient (Wildman–Crippen LogP) is 1.39. The van der Waals surface area contributed by atoms with Crippen LogP contribution in [0.25, 0.3) is 0 Å². The van der Waals surface area contributed by atoms with Gasteiger partial charge in [0.15, 0.2) is 6.10 Å². The van der Waals surface area contributed by atoms with Gasteiger partial charge in [0.2, 0.25) is 0 Å². The highest BCUT2D eigenvalue weighted by Gasteiger charge is 2.29. The number of carbonyl (C=O) groups is 1. The zero-order chi connectivity index (χ0) is 11.5. The Kier molecular flexibility index (Phi) is 2.73. The van der Waals surface area contributed by atoms with Crippen molar-refractivity contribution >= 4 is 5.97 Å². The van der Waals surface area contributed by atoms with Crippen LogP contribution in [-0.4, -0.2) is 18.7 Å². The first-order valence-electron chi connectivity index (χ1n) is 4.74. The Morgan fingerprint density at radius 1 is 1.56 bits per heavy atom. The maximum absolute atomic E-state index is 13.2. The minimum absolute atomic E-state index is 0.0753. The first kappa shape index (κ1) is 10.4. The minimum Gasteiger partial charge on any atom is -0.477 e. The van der Waals surface area contributed by atoms with Gasteiger partial charge in [-0.15, -0.1) is 0 Å². The van der Waals surface area contributed by atoms with Gasteiger partial charge in [-0.3, -0.25) is 0 Å². The number of benzene rings is 1. The van der Waals surface area contributed by atoms with E-state index >= 15 is 0 Å². The second-order valence-corrected chi connectivity index (χ2v) is 3.29.